The number of nitrogens with one attached hydrogen (secondary N) is 2. The summed E-state index contributed by atoms with van der Waals surface area (Å²) >= 11 is 0. The van der Waals surface area contributed by atoms with E-state index >= 15 is 0 Å². The van der Waals surface area contributed by atoms with Crippen molar-refractivity contribution < 1.29 is 13.9 Å². The van der Waals surface area contributed by atoms with Gasteiger partial charge in [-0.05, 0) is 45.8 Å². The van der Waals surface area contributed by atoms with Gasteiger partial charge in [-0.15, -0.1) is 4.91 Å². The number of hydrogen-bond donors (Lipinski definition) is 3. The van der Waals surface area contributed by atoms with Crippen LogP contribution < -0.4 is 21.3 Å². The van der Waals surface area contributed by atoms with Crippen LogP contribution in [0.2, 0.25) is 0 Å². The molecule has 3 fully saturated rings. The first-order chi connectivity index (χ1) is 17.4. The molecule has 4 N–H and O–H groups in total. The number of carbonyl (C=O) groups is 1. The summed E-state index contributed by atoms with van der Waals surface area (Å²) in [6, 6.07) is 1.87. The lowest BCUT2D eigenvalue weighted by Crippen LogP contribution is -2.62. The summed E-state index contributed by atoms with van der Waals surface area (Å²) in [4.78, 5) is 35.1. The Kier molecular flexibility index (Phi) is 9.18. The maximum absolute atomic E-state index is 13.8. The number of ether oxygens (including phenoxy) is 1. The summed E-state index contributed by atoms with van der Waals surface area (Å²) in [5, 5.41) is 8.82. The van der Waals surface area contributed by atoms with Gasteiger partial charge in [-0.3, -0.25) is 20.0 Å². The highest BCUT2D eigenvalue weighted by atomic mass is 19.1. The van der Waals surface area contributed by atoms with Crippen LogP contribution in [0.1, 0.15) is 25.7 Å². The van der Waals surface area contributed by atoms with Crippen LogP contribution in [0.25, 0.3) is 0 Å². The Labute approximate surface area is 211 Å². The van der Waals surface area contributed by atoms with Crippen molar-refractivity contribution in [2.24, 2.45) is 16.8 Å². The van der Waals surface area contributed by atoms with Gasteiger partial charge in [0.05, 0.1) is 35.9 Å². The van der Waals surface area contributed by atoms with E-state index in [-0.39, 0.29) is 19.2 Å². The van der Waals surface area contributed by atoms with Crippen molar-refractivity contribution in [3.63, 3.8) is 0 Å². The molecule has 4 rings (SSSR count). The van der Waals surface area contributed by atoms with E-state index in [1.165, 1.54) is 0 Å². The molecule has 3 aliphatic rings. The highest BCUT2D eigenvalue weighted by Crippen LogP contribution is 2.30. The number of piperidine rings is 2. The van der Waals surface area contributed by atoms with Gasteiger partial charge in [0.1, 0.15) is 12.1 Å². The van der Waals surface area contributed by atoms with Crippen LogP contribution in [0.15, 0.2) is 23.6 Å². The smallest absolute Gasteiger partial charge is 0.234 e. The number of nitrogens with two attached hydrogens (primary N) is 1. The molecule has 0 aromatic carbocycles. The molecule has 4 atom stereocenters. The molecule has 0 bridgehead atoms. The average Bonchev–Trinajstić information content (AvgIpc) is 2.87. The van der Waals surface area contributed by atoms with Crippen LogP contribution >= 0.6 is 0 Å². The van der Waals surface area contributed by atoms with Crippen molar-refractivity contribution in [2.45, 2.75) is 56.4 Å². The van der Waals surface area contributed by atoms with E-state index in [2.05, 4.69) is 37.6 Å². The van der Waals surface area contributed by atoms with Crippen molar-refractivity contribution >= 4 is 17.3 Å². The average molecular weight is 507 g/mol. The first-order valence-electron chi connectivity index (χ1n) is 12.8. The number of anilines is 2. The zero-order valence-electron chi connectivity index (χ0n) is 21.2. The van der Waals surface area contributed by atoms with E-state index in [1.54, 1.807) is 24.3 Å². The van der Waals surface area contributed by atoms with Gasteiger partial charge < -0.3 is 25.6 Å². The van der Waals surface area contributed by atoms with Gasteiger partial charge in [-0.2, -0.15) is 0 Å². The van der Waals surface area contributed by atoms with Crippen molar-refractivity contribution in [1.82, 2.24) is 20.1 Å². The highest BCUT2D eigenvalue weighted by Gasteiger charge is 2.40. The lowest BCUT2D eigenvalue weighted by Gasteiger charge is -2.40. The van der Waals surface area contributed by atoms with Crippen LogP contribution in [0.4, 0.5) is 15.8 Å². The summed E-state index contributed by atoms with van der Waals surface area (Å²) in [6.45, 7) is 3.97. The standard InChI is InChI=1S/C24H39FN8O3/c1-31-9-4-17(5-10-31)36-18-6-11-33(12-7-18)20-3-8-27-14-19(20)29-24(34)21(22(26)30-35)23-28-13-16(25)15-32(23)2/h3,8,14,16-18,21-23,28H,4-7,9-13,15,26H2,1-2H3,(H,29,34). The molecule has 4 unspecified atom stereocenters. The Morgan fingerprint density at radius 1 is 1.22 bits per heavy atom. The lowest BCUT2D eigenvalue weighted by molar-refractivity contribution is -0.124. The minimum absolute atomic E-state index is 0.0804. The summed E-state index contributed by atoms with van der Waals surface area (Å²) in [7, 11) is 3.84. The Morgan fingerprint density at radius 2 is 1.89 bits per heavy atom. The quantitative estimate of drug-likeness (QED) is 0.442. The largest absolute Gasteiger partial charge is 0.375 e. The zero-order chi connectivity index (χ0) is 25.7. The van der Waals surface area contributed by atoms with E-state index in [9.17, 15) is 14.1 Å². The monoisotopic (exact) mass is 506 g/mol. The number of rotatable bonds is 8. The normalized spacial score (nSPS) is 26.9. The molecule has 200 valence electrons. The Morgan fingerprint density at radius 3 is 2.53 bits per heavy atom. The summed E-state index contributed by atoms with van der Waals surface area (Å²) in [5.41, 5.74) is 7.34. The molecule has 1 aromatic rings. The van der Waals surface area contributed by atoms with Gasteiger partial charge in [0, 0.05) is 45.5 Å². The number of nitroso groups, excluding NO2 is 1. The fourth-order valence-corrected chi connectivity index (χ4v) is 5.45. The topological polar surface area (TPSA) is 128 Å². The second-order valence-corrected chi connectivity index (χ2v) is 10.2. The van der Waals surface area contributed by atoms with E-state index in [0.29, 0.717) is 11.8 Å². The number of carbonyl (C=O) groups excluding carboxylic acids is 1. The maximum Gasteiger partial charge on any atom is 0.234 e. The maximum atomic E-state index is 13.8. The molecule has 0 radical (unpaired) electrons. The number of alkyl halides is 1. The number of pyridine rings is 1. The Hall–Kier alpha value is -2.25. The second kappa shape index (κ2) is 12.3. The van der Waals surface area contributed by atoms with Crippen molar-refractivity contribution in [2.75, 3.05) is 63.6 Å². The molecule has 1 amide bonds. The molecule has 12 heteroatoms. The molecule has 1 aromatic heterocycles. The fraction of sp³-hybridized carbons (Fsp3) is 0.750. The Balaban J connectivity index is 1.39. The van der Waals surface area contributed by atoms with Gasteiger partial charge in [-0.1, -0.05) is 5.18 Å². The summed E-state index contributed by atoms with van der Waals surface area (Å²) < 4.78 is 20.2. The van der Waals surface area contributed by atoms with Crippen molar-refractivity contribution in [3.05, 3.63) is 23.4 Å². The van der Waals surface area contributed by atoms with Crippen LogP contribution in [0.5, 0.6) is 0 Å². The van der Waals surface area contributed by atoms with Gasteiger partial charge in [0.15, 0.2) is 6.17 Å². The van der Waals surface area contributed by atoms with Crippen LogP contribution in [0.3, 0.4) is 0 Å². The molecule has 0 aliphatic carbocycles. The number of halogens is 1. The van der Waals surface area contributed by atoms with Gasteiger partial charge in [0.25, 0.3) is 0 Å². The highest BCUT2D eigenvalue weighted by molar-refractivity contribution is 5.96. The van der Waals surface area contributed by atoms with E-state index in [4.69, 9.17) is 10.5 Å². The Bertz CT molecular complexity index is 879. The summed E-state index contributed by atoms with van der Waals surface area (Å²) in [5.74, 6) is -1.46. The van der Waals surface area contributed by atoms with Crippen LogP contribution in [-0.4, -0.2) is 105 Å². The van der Waals surface area contributed by atoms with E-state index in [0.717, 1.165) is 57.5 Å². The molecular formula is C24H39FN8O3. The van der Waals surface area contributed by atoms with Gasteiger partial charge >= 0.3 is 0 Å². The minimum atomic E-state index is -1.28. The first-order valence-corrected chi connectivity index (χ1v) is 12.8. The fourth-order valence-electron chi connectivity index (χ4n) is 5.45. The first kappa shape index (κ1) is 26.8. The number of amides is 1. The second-order valence-electron chi connectivity index (χ2n) is 10.2. The van der Waals surface area contributed by atoms with E-state index < -0.39 is 30.3 Å². The molecule has 11 nitrogen and oxygen atoms in total. The molecule has 3 aliphatic heterocycles. The van der Waals surface area contributed by atoms with Crippen molar-refractivity contribution in [3.8, 4) is 0 Å². The molecule has 3 saturated heterocycles. The van der Waals surface area contributed by atoms with Crippen molar-refractivity contribution in [1.29, 1.82) is 0 Å². The zero-order valence-corrected chi connectivity index (χ0v) is 21.2. The molecule has 36 heavy (non-hydrogen) atoms. The molecular weight excluding hydrogens is 467 g/mol. The molecule has 4 heterocycles. The molecule has 0 spiro atoms. The van der Waals surface area contributed by atoms with E-state index in [1.807, 2.05) is 6.07 Å². The number of nitrogens with zero attached hydrogens (tertiary/aromatic N) is 5. The third-order valence-electron chi connectivity index (χ3n) is 7.53. The predicted molar refractivity (Wildman–Crippen MR) is 136 cm³/mol. The lowest BCUT2D eigenvalue weighted by atomic mass is 9.98. The number of likely N-dealkylation sites (tertiary alicyclic amines) is 1. The van der Waals surface area contributed by atoms with Gasteiger partial charge in [0.2, 0.25) is 5.91 Å². The SMILES string of the molecule is CN1CCC(OC2CCN(c3ccncc3NC(=O)C(C(N)N=O)C3NCC(F)CN3C)CC2)CC1. The summed E-state index contributed by atoms with van der Waals surface area (Å²) in [6.07, 6.45) is 4.87. The number of aromatic nitrogens is 1. The predicted octanol–water partition coefficient (Wildman–Crippen LogP) is 0.966. The van der Waals surface area contributed by atoms with Crippen LogP contribution in [0, 0.1) is 10.8 Å². The third-order valence-corrected chi connectivity index (χ3v) is 7.53. The van der Waals surface area contributed by atoms with Crippen LogP contribution in [-0.2, 0) is 9.53 Å². The molecule has 0 saturated carbocycles. The van der Waals surface area contributed by atoms with Gasteiger partial charge in [-0.25, -0.2) is 4.39 Å². The number of hydrogen-bond acceptors (Lipinski definition) is 10. The minimum Gasteiger partial charge on any atom is -0.375 e. The third kappa shape index (κ3) is 6.54.